The molecule has 1 saturated carbocycles. The minimum Gasteiger partial charge on any atom is -0.387 e. The lowest BCUT2D eigenvalue weighted by Crippen LogP contribution is -2.71. The van der Waals surface area contributed by atoms with Crippen LogP contribution in [0.4, 0.5) is 0 Å². The maximum atomic E-state index is 13.5. The Morgan fingerprint density at radius 2 is 0.857 bits per heavy atom. The Labute approximate surface area is 279 Å². The molecule has 11 atom stereocenters. The monoisotopic (exact) mass is 844 g/mol. The van der Waals surface area contributed by atoms with Crippen molar-refractivity contribution in [2.45, 2.75) is 107 Å². The molecule has 12 N–H and O–H groups in total. The summed E-state index contributed by atoms with van der Waals surface area (Å²) in [4.78, 5) is 55.3. The summed E-state index contributed by atoms with van der Waals surface area (Å²) in [7, 11) is -37.8. The number of aliphatic hydroxyl groups excluding tert-OH is 5. The first kappa shape index (κ1) is 47.6. The summed E-state index contributed by atoms with van der Waals surface area (Å²) in [6.45, 7) is 1.34. The molecule has 7 unspecified atom stereocenters. The second kappa shape index (κ2) is 19.3. The topological polar surface area (TPSA) is 410 Å². The number of unbranched alkanes of at least 4 members (excludes halogenated alkanes) is 9. The van der Waals surface area contributed by atoms with Gasteiger partial charge in [-0.2, -0.15) is 21.6 Å². The van der Waals surface area contributed by atoms with Crippen LogP contribution in [0.1, 0.15) is 71.1 Å². The second-order valence-electron chi connectivity index (χ2n) is 10.4. The van der Waals surface area contributed by atoms with Gasteiger partial charge in [0.15, 0.2) is 0 Å². The fourth-order valence-corrected chi connectivity index (χ4v) is 12.1. The summed E-state index contributed by atoms with van der Waals surface area (Å²) in [6, 6.07) is 0. The number of aliphatic hydroxyl groups is 6. The Hall–Kier alpha value is 0.620. The van der Waals surface area contributed by atoms with E-state index in [-0.39, 0.29) is 6.42 Å². The normalized spacial score (nSPS) is 31.2. The molecule has 0 aliphatic heterocycles. The molecule has 294 valence electrons. The summed E-state index contributed by atoms with van der Waals surface area (Å²) in [5.41, 5.74) is 0. The van der Waals surface area contributed by atoms with E-state index in [9.17, 15) is 72.7 Å². The minimum absolute atomic E-state index is 0.0127. The molecule has 1 fully saturated rings. The van der Waals surface area contributed by atoms with Gasteiger partial charge in [0.1, 0.15) is 30.5 Å². The third-order valence-electron chi connectivity index (χ3n) is 6.23. The third kappa shape index (κ3) is 17.1. The van der Waals surface area contributed by atoms with Crippen LogP contribution in [0.3, 0.4) is 0 Å². The highest BCUT2D eigenvalue weighted by molar-refractivity contribution is 7.72. The molecule has 0 heterocycles. The molecule has 0 aromatic heterocycles. The van der Waals surface area contributed by atoms with E-state index in [1.165, 1.54) is 0 Å². The molecule has 0 bridgehead atoms. The van der Waals surface area contributed by atoms with Crippen molar-refractivity contribution >= 4 is 46.9 Å². The van der Waals surface area contributed by atoms with E-state index in [0.717, 1.165) is 44.9 Å². The Morgan fingerprint density at radius 1 is 0.510 bits per heavy atom. The van der Waals surface area contributed by atoms with Crippen LogP contribution < -0.4 is 0 Å². The van der Waals surface area contributed by atoms with E-state index < -0.39 is 89.9 Å². The van der Waals surface area contributed by atoms with Crippen molar-refractivity contribution in [2.24, 2.45) is 0 Å². The van der Waals surface area contributed by atoms with Gasteiger partial charge in [0.2, 0.25) is 5.79 Å². The van der Waals surface area contributed by atoms with Crippen molar-refractivity contribution < 1.29 is 118 Å². The molecule has 1 aliphatic carbocycles. The van der Waals surface area contributed by atoms with E-state index in [2.05, 4.69) is 33.0 Å². The van der Waals surface area contributed by atoms with Crippen LogP contribution >= 0.6 is 46.9 Å². The van der Waals surface area contributed by atoms with Gasteiger partial charge in [-0.25, -0.2) is 31.9 Å². The zero-order chi connectivity index (χ0) is 38.1. The molecule has 25 nitrogen and oxygen atoms in total. The molecule has 1 rings (SSSR count). The van der Waals surface area contributed by atoms with Crippen LogP contribution in [0.2, 0.25) is 0 Å². The van der Waals surface area contributed by atoms with Crippen molar-refractivity contribution in [3.63, 3.8) is 0 Å². The predicted molar refractivity (Wildman–Crippen MR) is 158 cm³/mol. The fourth-order valence-electron chi connectivity index (χ4n) is 4.07. The molecule has 0 amide bonds. The van der Waals surface area contributed by atoms with Gasteiger partial charge in [0.05, 0.1) is 6.61 Å². The smallest absolute Gasteiger partial charge is 0.387 e. The van der Waals surface area contributed by atoms with E-state index >= 15 is 0 Å². The van der Waals surface area contributed by atoms with Gasteiger partial charge in [-0.1, -0.05) is 64.7 Å². The molecular formula is C18H42O25P6. The number of rotatable bonds is 24. The largest absolute Gasteiger partial charge is 0.490 e. The lowest BCUT2D eigenvalue weighted by atomic mass is 9.82. The van der Waals surface area contributed by atoms with Crippen molar-refractivity contribution in [2.75, 3.05) is 6.61 Å². The van der Waals surface area contributed by atoms with Gasteiger partial charge in [-0.15, -0.1) is 0 Å². The van der Waals surface area contributed by atoms with E-state index in [1.807, 2.05) is 0 Å². The average molecular weight is 844 g/mol. The first-order chi connectivity index (χ1) is 22.1. The van der Waals surface area contributed by atoms with Crippen molar-refractivity contribution in [3.05, 3.63) is 0 Å². The van der Waals surface area contributed by atoms with Gasteiger partial charge < -0.3 is 60.0 Å². The highest BCUT2D eigenvalue weighted by Gasteiger charge is 2.63. The number of phosphoric ester groups is 1. The maximum absolute atomic E-state index is 13.5. The van der Waals surface area contributed by atoms with Crippen LogP contribution in [-0.2, 0) is 58.0 Å². The highest BCUT2D eigenvalue weighted by Crippen LogP contribution is 2.75. The van der Waals surface area contributed by atoms with Gasteiger partial charge >= 0.3 is 46.9 Å². The summed E-state index contributed by atoms with van der Waals surface area (Å²) >= 11 is 0. The Morgan fingerprint density at radius 3 is 1.24 bits per heavy atom. The standard InChI is InChI=1S/C18H42O25P6/c1-2-3-4-5-6-7-8-9-10-11-12-37-49(36,38-18(24)16(22)14(20)13(19)15(21)17(18)23)43-48(34,35)42-47(32,33)41-46(30,31)40-45(28,29)39-44(25,26)27/h13-17,19-24H,2-12H2,1H3,(H,28,29)(H,30,31)(H,32,33)(H,34,35)(H2,25,26,27)/t13?,14-,15+,16-,17-,18?,49?/m1/s1. The maximum Gasteiger partial charge on any atom is 0.490 e. The molecule has 0 spiro atoms. The van der Waals surface area contributed by atoms with Crippen LogP contribution in [0.15, 0.2) is 0 Å². The second-order valence-corrected chi connectivity index (χ2v) is 19.8. The first-order valence-electron chi connectivity index (χ1n) is 14.1. The summed E-state index contributed by atoms with van der Waals surface area (Å²) in [5, 5.41) is 60.8. The zero-order valence-corrected chi connectivity index (χ0v) is 30.9. The van der Waals surface area contributed by atoms with E-state index in [4.69, 9.17) is 19.2 Å². The summed E-state index contributed by atoms with van der Waals surface area (Å²) in [5.74, 6) is -3.85. The number of hydrogen-bond acceptors (Lipinski definition) is 19. The van der Waals surface area contributed by atoms with Crippen LogP contribution in [-0.4, -0.2) is 103 Å². The van der Waals surface area contributed by atoms with Crippen molar-refractivity contribution in [1.82, 2.24) is 0 Å². The number of hydrogen-bond donors (Lipinski definition) is 12. The predicted octanol–water partition coefficient (Wildman–Crippen LogP) is 1.13. The van der Waals surface area contributed by atoms with Crippen molar-refractivity contribution in [1.29, 1.82) is 0 Å². The van der Waals surface area contributed by atoms with E-state index in [0.29, 0.717) is 12.8 Å². The first-order valence-corrected chi connectivity index (χ1v) is 23.1. The average Bonchev–Trinajstić information content (AvgIpc) is 2.89. The quantitative estimate of drug-likeness (QED) is 0.0368. The molecular weight excluding hydrogens is 802 g/mol. The van der Waals surface area contributed by atoms with Gasteiger partial charge in [-0.3, -0.25) is 4.52 Å². The Bertz CT molecular complexity index is 1320. The van der Waals surface area contributed by atoms with Crippen molar-refractivity contribution in [3.8, 4) is 0 Å². The molecule has 49 heavy (non-hydrogen) atoms. The van der Waals surface area contributed by atoms with E-state index in [1.54, 1.807) is 0 Å². The lowest BCUT2D eigenvalue weighted by Gasteiger charge is -2.47. The lowest BCUT2D eigenvalue weighted by molar-refractivity contribution is -0.336. The van der Waals surface area contributed by atoms with Crippen LogP contribution in [0, 0.1) is 0 Å². The van der Waals surface area contributed by atoms with Crippen LogP contribution in [0.5, 0.6) is 0 Å². The van der Waals surface area contributed by atoms with Crippen LogP contribution in [0.25, 0.3) is 0 Å². The molecule has 0 saturated heterocycles. The van der Waals surface area contributed by atoms with Gasteiger partial charge in [0, 0.05) is 0 Å². The zero-order valence-electron chi connectivity index (χ0n) is 25.5. The summed E-state index contributed by atoms with van der Waals surface area (Å²) in [6.07, 6.45) is -5.25. The fraction of sp³-hybridized carbons (Fsp3) is 1.00. The highest BCUT2D eigenvalue weighted by atomic mass is 31.3. The molecule has 0 aromatic rings. The Balaban J connectivity index is 3.12. The van der Waals surface area contributed by atoms with Gasteiger partial charge in [0.25, 0.3) is 0 Å². The Kier molecular flexibility index (Phi) is 18.7. The van der Waals surface area contributed by atoms with Gasteiger partial charge in [-0.05, 0) is 6.42 Å². The third-order valence-corrected chi connectivity index (χ3v) is 15.5. The molecule has 0 radical (unpaired) electrons. The molecule has 31 heteroatoms. The molecule has 1 aliphatic rings. The minimum atomic E-state index is -6.59. The molecule has 0 aromatic carbocycles. The summed E-state index contributed by atoms with van der Waals surface area (Å²) < 4.78 is 99.3. The number of phosphoric acid groups is 6. The SMILES string of the molecule is CCCCCCCCCCCCOP(=O)(OC1(O)[C@H](O)[C@H](O)C(O)[C@H](O)[C@H]1O)OP(=O)(O)OP(=O)(O)OP(=O)(O)OP(=O)(O)OP(=O)(O)O.